The van der Waals surface area contributed by atoms with Crippen LogP contribution in [0.15, 0.2) is 60.9 Å². The zero-order valence-corrected chi connectivity index (χ0v) is 20.8. The lowest BCUT2D eigenvalue weighted by Crippen LogP contribution is -2.47. The standard InChI is InChI=1S/C27H32N6O3/c1-27(2,3)36-26(34)33-15-7-8-19(16-33)32-25-22(24(29)30-17-31-25)23(28)18-11-13-21(14-12-18)35-20-9-5-4-6-10-20/h4-6,9-14,17,19,28H,7-8,15-16H2,1-3H3,(H3,29,30,31,32). The van der Waals surface area contributed by atoms with Gasteiger partial charge in [-0.15, -0.1) is 0 Å². The van der Waals surface area contributed by atoms with Gasteiger partial charge in [0.25, 0.3) is 0 Å². The van der Waals surface area contributed by atoms with E-state index in [0.717, 1.165) is 18.6 Å². The van der Waals surface area contributed by atoms with Gasteiger partial charge in [-0.1, -0.05) is 18.2 Å². The van der Waals surface area contributed by atoms with Gasteiger partial charge in [-0.3, -0.25) is 5.41 Å². The molecule has 188 valence electrons. The van der Waals surface area contributed by atoms with E-state index < -0.39 is 5.60 Å². The van der Waals surface area contributed by atoms with E-state index in [0.29, 0.717) is 35.8 Å². The number of piperidine rings is 1. The zero-order chi connectivity index (χ0) is 25.7. The first-order chi connectivity index (χ1) is 17.2. The van der Waals surface area contributed by atoms with Crippen molar-refractivity contribution in [2.24, 2.45) is 0 Å². The van der Waals surface area contributed by atoms with Crippen LogP contribution in [0.1, 0.15) is 44.7 Å². The molecule has 1 amide bonds. The average Bonchev–Trinajstić information content (AvgIpc) is 2.84. The SMILES string of the molecule is CC(C)(C)OC(=O)N1CCCC(Nc2ncnc(N)c2C(=N)c2ccc(Oc3ccccc3)cc2)C1. The van der Waals surface area contributed by atoms with E-state index in [9.17, 15) is 4.79 Å². The first-order valence-electron chi connectivity index (χ1n) is 12.0. The molecular formula is C27H32N6O3. The number of nitrogen functional groups attached to an aromatic ring is 1. The number of amides is 1. The lowest BCUT2D eigenvalue weighted by atomic mass is 10.0. The second kappa shape index (κ2) is 10.6. The number of aromatic nitrogens is 2. The van der Waals surface area contributed by atoms with Gasteiger partial charge in [-0.05, 0) is 70.0 Å². The molecule has 1 unspecified atom stereocenters. The Morgan fingerprint density at radius 2 is 1.78 bits per heavy atom. The van der Waals surface area contributed by atoms with E-state index >= 15 is 0 Å². The van der Waals surface area contributed by atoms with Crippen LogP contribution in [-0.2, 0) is 4.74 Å². The number of nitrogens with one attached hydrogen (secondary N) is 2. The maximum Gasteiger partial charge on any atom is 0.410 e. The molecule has 0 aliphatic carbocycles. The van der Waals surface area contributed by atoms with Crippen molar-refractivity contribution in [2.75, 3.05) is 24.1 Å². The van der Waals surface area contributed by atoms with Crippen molar-refractivity contribution in [3.63, 3.8) is 0 Å². The molecule has 1 fully saturated rings. The number of carbonyl (C=O) groups is 1. The predicted octanol–water partition coefficient (Wildman–Crippen LogP) is 5.08. The Morgan fingerprint density at radius 1 is 1.08 bits per heavy atom. The lowest BCUT2D eigenvalue weighted by molar-refractivity contribution is 0.0206. The van der Waals surface area contributed by atoms with Crippen LogP contribution in [0.3, 0.4) is 0 Å². The first kappa shape index (κ1) is 25.0. The molecule has 2 aromatic carbocycles. The summed E-state index contributed by atoms with van der Waals surface area (Å²) in [7, 11) is 0. The fraction of sp³-hybridized carbons (Fsp3) is 0.333. The highest BCUT2D eigenvalue weighted by Crippen LogP contribution is 2.27. The molecule has 3 aromatic rings. The molecule has 1 aliphatic heterocycles. The molecule has 0 saturated carbocycles. The quantitative estimate of drug-likeness (QED) is 0.413. The third-order valence-electron chi connectivity index (χ3n) is 5.66. The predicted molar refractivity (Wildman–Crippen MR) is 140 cm³/mol. The van der Waals surface area contributed by atoms with Gasteiger partial charge < -0.3 is 25.4 Å². The highest BCUT2D eigenvalue weighted by Gasteiger charge is 2.29. The Morgan fingerprint density at radius 3 is 2.47 bits per heavy atom. The molecule has 1 aromatic heterocycles. The maximum absolute atomic E-state index is 12.6. The Hall–Kier alpha value is -4.14. The van der Waals surface area contributed by atoms with Crippen LogP contribution in [0.4, 0.5) is 16.4 Å². The molecule has 0 bridgehead atoms. The molecular weight excluding hydrogens is 456 g/mol. The number of para-hydroxylation sites is 1. The number of hydrogen-bond acceptors (Lipinski definition) is 8. The minimum atomic E-state index is -0.553. The van der Waals surface area contributed by atoms with E-state index in [1.807, 2.05) is 75.4 Å². The second-order valence-electron chi connectivity index (χ2n) is 9.71. The van der Waals surface area contributed by atoms with Crippen LogP contribution < -0.4 is 15.8 Å². The minimum absolute atomic E-state index is 0.0613. The number of likely N-dealkylation sites (tertiary alicyclic amines) is 1. The lowest BCUT2D eigenvalue weighted by Gasteiger charge is -2.34. The van der Waals surface area contributed by atoms with Crippen LogP contribution >= 0.6 is 0 Å². The molecule has 1 saturated heterocycles. The summed E-state index contributed by atoms with van der Waals surface area (Å²) in [5.41, 5.74) is 6.92. The van der Waals surface area contributed by atoms with Crippen molar-refractivity contribution >= 4 is 23.4 Å². The third kappa shape index (κ3) is 6.29. The Kier molecular flexibility index (Phi) is 7.38. The molecule has 1 aliphatic rings. The van der Waals surface area contributed by atoms with Gasteiger partial charge in [0.1, 0.15) is 35.1 Å². The number of ether oxygens (including phenoxy) is 2. The topological polar surface area (TPSA) is 126 Å². The highest BCUT2D eigenvalue weighted by atomic mass is 16.6. The van der Waals surface area contributed by atoms with Crippen LogP contribution in [0.5, 0.6) is 11.5 Å². The second-order valence-corrected chi connectivity index (χ2v) is 9.71. The Bertz CT molecular complexity index is 1210. The maximum atomic E-state index is 12.6. The van der Waals surface area contributed by atoms with Gasteiger partial charge in [0, 0.05) is 24.7 Å². The number of anilines is 2. The average molecular weight is 489 g/mol. The fourth-order valence-electron chi connectivity index (χ4n) is 3.99. The van der Waals surface area contributed by atoms with E-state index in [4.69, 9.17) is 20.6 Å². The van der Waals surface area contributed by atoms with Crippen molar-refractivity contribution in [3.05, 3.63) is 72.1 Å². The molecule has 0 radical (unpaired) electrons. The number of nitrogens with zero attached hydrogens (tertiary/aromatic N) is 3. The minimum Gasteiger partial charge on any atom is -0.457 e. The smallest absolute Gasteiger partial charge is 0.410 e. The number of nitrogens with two attached hydrogens (primary N) is 1. The summed E-state index contributed by atoms with van der Waals surface area (Å²) in [5, 5.41) is 12.2. The van der Waals surface area contributed by atoms with Gasteiger partial charge in [0.2, 0.25) is 0 Å². The molecule has 0 spiro atoms. The number of benzene rings is 2. The number of hydrogen-bond donors (Lipinski definition) is 3. The Balaban J connectivity index is 1.48. The summed E-state index contributed by atoms with van der Waals surface area (Å²) in [5.74, 6) is 2.08. The van der Waals surface area contributed by atoms with Crippen LogP contribution in [0, 0.1) is 5.41 Å². The van der Waals surface area contributed by atoms with E-state index in [2.05, 4.69) is 15.3 Å². The Labute approximate surface area is 211 Å². The summed E-state index contributed by atoms with van der Waals surface area (Å²) >= 11 is 0. The molecule has 4 N–H and O–H groups in total. The summed E-state index contributed by atoms with van der Waals surface area (Å²) in [4.78, 5) is 22.8. The van der Waals surface area contributed by atoms with Crippen molar-refractivity contribution in [2.45, 2.75) is 45.3 Å². The van der Waals surface area contributed by atoms with Gasteiger partial charge in [-0.25, -0.2) is 14.8 Å². The van der Waals surface area contributed by atoms with Gasteiger partial charge >= 0.3 is 6.09 Å². The molecule has 9 nitrogen and oxygen atoms in total. The van der Waals surface area contributed by atoms with E-state index in [-0.39, 0.29) is 23.7 Å². The van der Waals surface area contributed by atoms with Gasteiger partial charge in [0.15, 0.2) is 0 Å². The van der Waals surface area contributed by atoms with Crippen LogP contribution in [-0.4, -0.2) is 51.4 Å². The first-order valence-corrected chi connectivity index (χ1v) is 12.0. The number of carbonyl (C=O) groups excluding carboxylic acids is 1. The van der Waals surface area contributed by atoms with Crippen molar-refractivity contribution in [1.82, 2.24) is 14.9 Å². The fourth-order valence-corrected chi connectivity index (χ4v) is 3.99. The van der Waals surface area contributed by atoms with Crippen molar-refractivity contribution < 1.29 is 14.3 Å². The van der Waals surface area contributed by atoms with E-state index in [1.54, 1.807) is 4.90 Å². The largest absolute Gasteiger partial charge is 0.457 e. The molecule has 1 atom stereocenters. The third-order valence-corrected chi connectivity index (χ3v) is 5.66. The normalized spacial score (nSPS) is 15.8. The molecule has 9 heteroatoms. The van der Waals surface area contributed by atoms with Gasteiger partial charge in [-0.2, -0.15) is 0 Å². The molecule has 36 heavy (non-hydrogen) atoms. The van der Waals surface area contributed by atoms with Crippen molar-refractivity contribution in [1.29, 1.82) is 5.41 Å². The van der Waals surface area contributed by atoms with Crippen LogP contribution in [0.2, 0.25) is 0 Å². The van der Waals surface area contributed by atoms with Gasteiger partial charge in [0.05, 0.1) is 11.3 Å². The summed E-state index contributed by atoms with van der Waals surface area (Å²) in [6, 6.07) is 16.7. The van der Waals surface area contributed by atoms with Crippen LogP contribution in [0.25, 0.3) is 0 Å². The highest BCUT2D eigenvalue weighted by molar-refractivity contribution is 6.16. The summed E-state index contributed by atoms with van der Waals surface area (Å²) in [6.07, 6.45) is 2.72. The van der Waals surface area contributed by atoms with Crippen molar-refractivity contribution in [3.8, 4) is 11.5 Å². The summed E-state index contributed by atoms with van der Waals surface area (Å²) < 4.78 is 11.4. The monoisotopic (exact) mass is 488 g/mol. The number of rotatable bonds is 6. The van der Waals surface area contributed by atoms with E-state index in [1.165, 1.54) is 6.33 Å². The molecule has 4 rings (SSSR count). The zero-order valence-electron chi connectivity index (χ0n) is 20.8. The summed E-state index contributed by atoms with van der Waals surface area (Å²) in [6.45, 7) is 6.67. The molecule has 2 heterocycles.